The van der Waals surface area contributed by atoms with E-state index in [4.69, 9.17) is 4.74 Å². The van der Waals surface area contributed by atoms with E-state index < -0.39 is 5.54 Å². The van der Waals surface area contributed by atoms with Crippen LogP contribution in [0.4, 0.5) is 5.69 Å². The van der Waals surface area contributed by atoms with E-state index in [9.17, 15) is 5.26 Å². The number of nitriles is 1. The molecule has 0 spiro atoms. The molecule has 1 heterocycles. The molecule has 0 saturated carbocycles. The van der Waals surface area contributed by atoms with E-state index in [2.05, 4.69) is 30.1 Å². The number of hydrogen-bond donors (Lipinski definition) is 1. The Kier molecular flexibility index (Phi) is 5.08. The highest BCUT2D eigenvalue weighted by Gasteiger charge is 2.33. The van der Waals surface area contributed by atoms with Crippen molar-refractivity contribution in [1.29, 1.82) is 5.26 Å². The van der Waals surface area contributed by atoms with Crippen LogP contribution in [0.15, 0.2) is 24.3 Å². The Balaban J connectivity index is 2.17. The molecule has 114 valence electrons. The van der Waals surface area contributed by atoms with Crippen molar-refractivity contribution in [1.82, 2.24) is 4.90 Å². The average Bonchev–Trinajstić information content (AvgIpc) is 2.71. The molecule has 0 aromatic heterocycles. The van der Waals surface area contributed by atoms with Crippen LogP contribution in [0.3, 0.4) is 0 Å². The summed E-state index contributed by atoms with van der Waals surface area (Å²) in [5, 5.41) is 13.2. The first-order valence-electron chi connectivity index (χ1n) is 7.67. The maximum atomic E-state index is 9.74. The minimum Gasteiger partial charge on any atom is -0.495 e. The summed E-state index contributed by atoms with van der Waals surface area (Å²) in [6, 6.07) is 10.9. The third kappa shape index (κ3) is 3.68. The Hall–Kier alpha value is -1.73. The smallest absolute Gasteiger partial charge is 0.141 e. The molecule has 1 N–H and O–H groups in total. The summed E-state index contributed by atoms with van der Waals surface area (Å²) in [6.45, 7) is 6.45. The lowest BCUT2D eigenvalue weighted by atomic mass is 9.91. The first-order chi connectivity index (χ1) is 10.1. The molecule has 1 aromatic rings. The highest BCUT2D eigenvalue weighted by Crippen LogP contribution is 2.31. The highest BCUT2D eigenvalue weighted by molar-refractivity contribution is 5.58. The normalized spacial score (nSPS) is 23.4. The summed E-state index contributed by atoms with van der Waals surface area (Å²) in [6.07, 6.45) is 2.73. The largest absolute Gasteiger partial charge is 0.495 e. The average molecular weight is 287 g/mol. The van der Waals surface area contributed by atoms with Crippen molar-refractivity contribution in [2.75, 3.05) is 25.5 Å². The Morgan fingerprint density at radius 1 is 1.29 bits per heavy atom. The van der Waals surface area contributed by atoms with Crippen molar-refractivity contribution in [3.8, 4) is 11.8 Å². The Labute approximate surface area is 127 Å². The molecule has 0 amide bonds. The molecule has 0 bridgehead atoms. The Bertz CT molecular complexity index is 509. The topological polar surface area (TPSA) is 48.3 Å². The number of methoxy groups -OCH3 is 1. The van der Waals surface area contributed by atoms with Gasteiger partial charge >= 0.3 is 0 Å². The molecule has 1 fully saturated rings. The minimum absolute atomic E-state index is 0.502. The van der Waals surface area contributed by atoms with Crippen molar-refractivity contribution < 1.29 is 4.74 Å². The third-order valence-corrected chi connectivity index (χ3v) is 4.30. The Morgan fingerprint density at radius 3 is 2.71 bits per heavy atom. The standard InChI is InChI=1S/C17H25N3O/c1-14(2)20-11-6-9-17(13-18,10-12-20)19-15-7-4-5-8-16(15)21-3/h4-5,7-8,14,19H,6,9-12H2,1-3H3. The fraction of sp³-hybridized carbons (Fsp3) is 0.588. The van der Waals surface area contributed by atoms with Crippen molar-refractivity contribution in [3.05, 3.63) is 24.3 Å². The fourth-order valence-electron chi connectivity index (χ4n) is 2.94. The number of rotatable bonds is 4. The van der Waals surface area contributed by atoms with Crippen LogP contribution in [0.1, 0.15) is 33.1 Å². The first kappa shape index (κ1) is 15.7. The highest BCUT2D eigenvalue weighted by atomic mass is 16.5. The molecule has 4 heteroatoms. The van der Waals surface area contributed by atoms with Gasteiger partial charge < -0.3 is 15.0 Å². The van der Waals surface area contributed by atoms with E-state index in [1.807, 2.05) is 24.3 Å². The van der Waals surface area contributed by atoms with E-state index in [0.29, 0.717) is 6.04 Å². The van der Waals surface area contributed by atoms with Crippen molar-refractivity contribution in [2.24, 2.45) is 0 Å². The van der Waals surface area contributed by atoms with Crippen LogP contribution in [-0.2, 0) is 0 Å². The lowest BCUT2D eigenvalue weighted by molar-refractivity contribution is 0.229. The number of ether oxygens (including phenoxy) is 1. The van der Waals surface area contributed by atoms with Crippen LogP contribution < -0.4 is 10.1 Å². The maximum absolute atomic E-state index is 9.74. The lowest BCUT2D eigenvalue weighted by Crippen LogP contribution is -2.39. The molecule has 21 heavy (non-hydrogen) atoms. The summed E-state index contributed by atoms with van der Waals surface area (Å²) >= 11 is 0. The number of benzene rings is 1. The molecule has 1 unspecified atom stereocenters. The molecule has 0 radical (unpaired) electrons. The predicted molar refractivity (Wildman–Crippen MR) is 85.5 cm³/mol. The zero-order valence-electron chi connectivity index (χ0n) is 13.2. The van der Waals surface area contributed by atoms with Crippen molar-refractivity contribution in [2.45, 2.75) is 44.7 Å². The van der Waals surface area contributed by atoms with Crippen molar-refractivity contribution in [3.63, 3.8) is 0 Å². The van der Waals surface area contributed by atoms with E-state index in [-0.39, 0.29) is 0 Å². The van der Waals surface area contributed by atoms with Gasteiger partial charge in [-0.1, -0.05) is 12.1 Å². The van der Waals surface area contributed by atoms with Crippen LogP contribution in [0.25, 0.3) is 0 Å². The Morgan fingerprint density at radius 2 is 2.05 bits per heavy atom. The summed E-state index contributed by atoms with van der Waals surface area (Å²) in [4.78, 5) is 2.45. The number of likely N-dealkylation sites (tertiary alicyclic amines) is 1. The van der Waals surface area contributed by atoms with Gasteiger partial charge in [0.1, 0.15) is 11.3 Å². The number of hydrogen-bond acceptors (Lipinski definition) is 4. The van der Waals surface area contributed by atoms with Crippen LogP contribution in [-0.4, -0.2) is 36.7 Å². The number of anilines is 1. The summed E-state index contributed by atoms with van der Waals surface area (Å²) in [7, 11) is 1.66. The zero-order valence-corrected chi connectivity index (χ0v) is 13.2. The molecule has 1 aliphatic rings. The zero-order chi connectivity index (χ0) is 15.3. The minimum atomic E-state index is -0.502. The van der Waals surface area contributed by atoms with Gasteiger partial charge in [0.05, 0.1) is 18.9 Å². The van der Waals surface area contributed by atoms with E-state index >= 15 is 0 Å². The van der Waals surface area contributed by atoms with Gasteiger partial charge in [-0.3, -0.25) is 0 Å². The van der Waals surface area contributed by atoms with Gasteiger partial charge in [-0.25, -0.2) is 0 Å². The molecule has 4 nitrogen and oxygen atoms in total. The molecule has 1 aromatic carbocycles. The monoisotopic (exact) mass is 287 g/mol. The van der Waals surface area contributed by atoms with Gasteiger partial charge in [0.25, 0.3) is 0 Å². The second-order valence-corrected chi connectivity index (χ2v) is 6.00. The predicted octanol–water partition coefficient (Wildman–Crippen LogP) is 3.26. The van der Waals surface area contributed by atoms with E-state index in [1.165, 1.54) is 0 Å². The first-order valence-corrected chi connectivity index (χ1v) is 7.67. The molecule has 2 rings (SSSR count). The van der Waals surface area contributed by atoms with Crippen LogP contribution >= 0.6 is 0 Å². The summed E-state index contributed by atoms with van der Waals surface area (Å²) in [5.41, 5.74) is 0.401. The van der Waals surface area contributed by atoms with E-state index in [1.54, 1.807) is 7.11 Å². The molecular weight excluding hydrogens is 262 g/mol. The molecular formula is C17H25N3O. The summed E-state index contributed by atoms with van der Waals surface area (Å²) < 4.78 is 5.38. The molecule has 0 aliphatic carbocycles. The SMILES string of the molecule is COc1ccccc1NC1(C#N)CCCN(C(C)C)CC1. The lowest BCUT2D eigenvalue weighted by Gasteiger charge is -2.29. The van der Waals surface area contributed by atoms with Gasteiger partial charge in [0, 0.05) is 12.6 Å². The molecule has 1 saturated heterocycles. The molecule has 1 aliphatic heterocycles. The quantitative estimate of drug-likeness (QED) is 0.923. The number of nitrogens with one attached hydrogen (secondary N) is 1. The van der Waals surface area contributed by atoms with Gasteiger partial charge in [0.15, 0.2) is 0 Å². The van der Waals surface area contributed by atoms with Gasteiger partial charge in [-0.15, -0.1) is 0 Å². The number of nitrogens with zero attached hydrogens (tertiary/aromatic N) is 2. The van der Waals surface area contributed by atoms with Crippen LogP contribution in [0.5, 0.6) is 5.75 Å². The van der Waals surface area contributed by atoms with Crippen molar-refractivity contribution >= 4 is 5.69 Å². The second-order valence-electron chi connectivity index (χ2n) is 6.00. The fourth-order valence-corrected chi connectivity index (χ4v) is 2.94. The van der Waals surface area contributed by atoms with Gasteiger partial charge in [0.2, 0.25) is 0 Å². The summed E-state index contributed by atoms with van der Waals surface area (Å²) in [5.74, 6) is 0.789. The molecule has 1 atom stereocenters. The van der Waals surface area contributed by atoms with Gasteiger partial charge in [-0.2, -0.15) is 5.26 Å². The number of para-hydroxylation sites is 2. The maximum Gasteiger partial charge on any atom is 0.141 e. The van der Waals surface area contributed by atoms with Crippen LogP contribution in [0, 0.1) is 11.3 Å². The second kappa shape index (κ2) is 6.82. The third-order valence-electron chi connectivity index (χ3n) is 4.30. The van der Waals surface area contributed by atoms with Crippen LogP contribution in [0.2, 0.25) is 0 Å². The van der Waals surface area contributed by atoms with Gasteiger partial charge in [-0.05, 0) is 51.8 Å². The van der Waals surface area contributed by atoms with E-state index in [0.717, 1.165) is 43.8 Å².